The van der Waals surface area contributed by atoms with Gasteiger partial charge in [0.25, 0.3) is 5.91 Å². The van der Waals surface area contributed by atoms with Gasteiger partial charge in [-0.15, -0.1) is 0 Å². The third-order valence-corrected chi connectivity index (χ3v) is 6.34. The minimum atomic E-state index is -3.37. The van der Waals surface area contributed by atoms with Gasteiger partial charge in [-0.2, -0.15) is 4.31 Å². The third-order valence-electron chi connectivity index (χ3n) is 4.44. The van der Waals surface area contributed by atoms with Crippen LogP contribution in [0.5, 0.6) is 0 Å². The van der Waals surface area contributed by atoms with E-state index in [4.69, 9.17) is 0 Å². The summed E-state index contributed by atoms with van der Waals surface area (Å²) in [6.45, 7) is 1.10. The van der Waals surface area contributed by atoms with Gasteiger partial charge in [0.05, 0.1) is 5.75 Å². The maximum atomic E-state index is 13.1. The molecule has 26 heavy (non-hydrogen) atoms. The molecule has 0 saturated carbocycles. The molecule has 2 aromatic carbocycles. The highest BCUT2D eigenvalue weighted by atomic mass is 32.2. The Balaban J connectivity index is 1.49. The van der Waals surface area contributed by atoms with Crippen LogP contribution in [0.15, 0.2) is 48.5 Å². The van der Waals surface area contributed by atoms with Crippen LogP contribution >= 0.6 is 0 Å². The van der Waals surface area contributed by atoms with E-state index in [2.05, 4.69) is 5.32 Å². The van der Waals surface area contributed by atoms with Crippen LogP contribution < -0.4 is 5.32 Å². The largest absolute Gasteiger partial charge is 0.352 e. The molecule has 7 heteroatoms. The number of fused-ring (bicyclic) bond motifs is 1. The first-order valence-electron chi connectivity index (χ1n) is 8.54. The smallest absolute Gasteiger partial charge is 0.251 e. The van der Waals surface area contributed by atoms with Crippen LogP contribution in [-0.4, -0.2) is 37.5 Å². The molecule has 0 saturated heterocycles. The molecule has 1 heterocycles. The monoisotopic (exact) mass is 376 g/mol. The van der Waals surface area contributed by atoms with Crippen LogP contribution in [0.4, 0.5) is 4.39 Å². The Bertz CT molecular complexity index is 899. The number of nitrogens with zero attached hydrogens (tertiary/aromatic N) is 1. The van der Waals surface area contributed by atoms with Crippen LogP contribution in [0.3, 0.4) is 0 Å². The summed E-state index contributed by atoms with van der Waals surface area (Å²) in [5, 5.41) is 2.63. The molecule has 0 radical (unpaired) electrons. The van der Waals surface area contributed by atoms with Crippen molar-refractivity contribution in [2.45, 2.75) is 19.4 Å². The maximum Gasteiger partial charge on any atom is 0.251 e. The van der Waals surface area contributed by atoms with Crippen LogP contribution in [0.25, 0.3) is 0 Å². The van der Waals surface area contributed by atoms with Gasteiger partial charge in [-0.3, -0.25) is 4.79 Å². The number of benzene rings is 2. The Hall–Kier alpha value is -2.25. The van der Waals surface area contributed by atoms with Crippen molar-refractivity contribution in [1.82, 2.24) is 9.62 Å². The third kappa shape index (κ3) is 4.47. The molecule has 1 aliphatic rings. The number of carbonyl (C=O) groups excluding carboxylic acids is 1. The molecule has 138 valence electrons. The van der Waals surface area contributed by atoms with E-state index < -0.39 is 21.7 Å². The van der Waals surface area contributed by atoms with E-state index in [1.54, 1.807) is 0 Å². The summed E-state index contributed by atoms with van der Waals surface area (Å²) in [6.07, 6.45) is 1.02. The highest BCUT2D eigenvalue weighted by Gasteiger charge is 2.26. The Morgan fingerprint density at radius 1 is 1.12 bits per heavy atom. The summed E-state index contributed by atoms with van der Waals surface area (Å²) in [5.74, 6) is -0.919. The maximum absolute atomic E-state index is 13.1. The van der Waals surface area contributed by atoms with Crippen molar-refractivity contribution in [3.63, 3.8) is 0 Å². The number of amides is 1. The summed E-state index contributed by atoms with van der Waals surface area (Å²) < 4.78 is 39.7. The molecule has 0 spiro atoms. The normalized spacial score (nSPS) is 14.7. The summed E-state index contributed by atoms with van der Waals surface area (Å²) in [4.78, 5) is 11.9. The molecule has 0 aliphatic carbocycles. The van der Waals surface area contributed by atoms with Crippen molar-refractivity contribution in [2.75, 3.05) is 18.8 Å². The second-order valence-corrected chi connectivity index (χ2v) is 8.38. The fourth-order valence-electron chi connectivity index (χ4n) is 3.02. The van der Waals surface area contributed by atoms with Gasteiger partial charge in [0, 0.05) is 25.2 Å². The van der Waals surface area contributed by atoms with Crippen molar-refractivity contribution >= 4 is 15.9 Å². The van der Waals surface area contributed by atoms with Crippen molar-refractivity contribution in [3.8, 4) is 0 Å². The summed E-state index contributed by atoms with van der Waals surface area (Å²) >= 11 is 0. The van der Waals surface area contributed by atoms with Crippen LogP contribution in [-0.2, 0) is 23.0 Å². The van der Waals surface area contributed by atoms with E-state index in [1.165, 1.54) is 28.1 Å². The van der Waals surface area contributed by atoms with E-state index in [9.17, 15) is 17.6 Å². The fraction of sp³-hybridized carbons (Fsp3) is 0.316. The van der Waals surface area contributed by atoms with Crippen LogP contribution in [0.1, 0.15) is 27.9 Å². The number of hydrogen-bond acceptors (Lipinski definition) is 3. The molecule has 0 bridgehead atoms. The molecule has 5 nitrogen and oxygen atoms in total. The zero-order valence-electron chi connectivity index (χ0n) is 14.3. The standard InChI is InChI=1S/C19H21FN2O3S/c20-18-8-3-7-16(13-18)19(23)21-10-4-12-26(24,25)22-11-9-15-5-1-2-6-17(15)14-22/h1-3,5-8,13H,4,9-12,14H2,(H,21,23). The van der Waals surface area contributed by atoms with Crippen molar-refractivity contribution in [2.24, 2.45) is 0 Å². The minimum Gasteiger partial charge on any atom is -0.352 e. The zero-order chi connectivity index (χ0) is 18.6. The highest BCUT2D eigenvalue weighted by molar-refractivity contribution is 7.89. The predicted molar refractivity (Wildman–Crippen MR) is 97.7 cm³/mol. The average Bonchev–Trinajstić information content (AvgIpc) is 2.64. The van der Waals surface area contributed by atoms with Crippen molar-refractivity contribution in [3.05, 3.63) is 71.0 Å². The predicted octanol–water partition coefficient (Wildman–Crippen LogP) is 2.33. The summed E-state index contributed by atoms with van der Waals surface area (Å²) in [5.41, 5.74) is 2.46. The van der Waals surface area contributed by atoms with E-state index in [0.29, 0.717) is 25.9 Å². The number of halogens is 1. The first-order valence-corrected chi connectivity index (χ1v) is 10.1. The SMILES string of the molecule is O=C(NCCCS(=O)(=O)N1CCc2ccccc2C1)c1cccc(F)c1. The van der Waals surface area contributed by atoms with Gasteiger partial charge in [-0.05, 0) is 42.2 Å². The van der Waals surface area contributed by atoms with Gasteiger partial charge in [0.2, 0.25) is 10.0 Å². The molecule has 1 aliphatic heterocycles. The number of hydrogen-bond donors (Lipinski definition) is 1. The Labute approximate surface area is 152 Å². The van der Waals surface area contributed by atoms with Crippen molar-refractivity contribution < 1.29 is 17.6 Å². The lowest BCUT2D eigenvalue weighted by atomic mass is 10.0. The van der Waals surface area contributed by atoms with Gasteiger partial charge in [-0.1, -0.05) is 30.3 Å². The Morgan fingerprint density at radius 3 is 2.65 bits per heavy atom. The lowest BCUT2D eigenvalue weighted by Crippen LogP contribution is -2.38. The summed E-state index contributed by atoms with van der Waals surface area (Å²) in [6, 6.07) is 13.2. The molecule has 1 N–H and O–H groups in total. The van der Waals surface area contributed by atoms with Crippen LogP contribution in [0, 0.1) is 5.82 Å². The molecule has 3 rings (SSSR count). The Kier molecular flexibility index (Phi) is 5.68. The molecule has 1 amide bonds. The molecular formula is C19H21FN2O3S. The molecule has 0 unspecified atom stereocenters. The van der Waals surface area contributed by atoms with Crippen LogP contribution in [0.2, 0.25) is 0 Å². The van der Waals surface area contributed by atoms with E-state index in [-0.39, 0.29) is 17.9 Å². The van der Waals surface area contributed by atoms with Gasteiger partial charge in [-0.25, -0.2) is 12.8 Å². The van der Waals surface area contributed by atoms with Gasteiger partial charge in [0.15, 0.2) is 0 Å². The van der Waals surface area contributed by atoms with Gasteiger partial charge in [0.1, 0.15) is 5.82 Å². The molecule has 2 aromatic rings. The minimum absolute atomic E-state index is 0.0292. The number of carbonyl (C=O) groups is 1. The lowest BCUT2D eigenvalue weighted by molar-refractivity contribution is 0.0953. The lowest BCUT2D eigenvalue weighted by Gasteiger charge is -2.28. The van der Waals surface area contributed by atoms with E-state index in [0.717, 1.165) is 11.6 Å². The molecule has 0 fully saturated rings. The molecule has 0 atom stereocenters. The molecular weight excluding hydrogens is 355 g/mol. The Morgan fingerprint density at radius 2 is 1.88 bits per heavy atom. The highest BCUT2D eigenvalue weighted by Crippen LogP contribution is 2.21. The fourth-order valence-corrected chi connectivity index (χ4v) is 4.50. The quantitative estimate of drug-likeness (QED) is 0.787. The number of sulfonamides is 1. The first kappa shape index (κ1) is 18.5. The topological polar surface area (TPSA) is 66.5 Å². The first-order chi connectivity index (χ1) is 12.5. The van der Waals surface area contributed by atoms with E-state index >= 15 is 0 Å². The second kappa shape index (κ2) is 7.97. The van der Waals surface area contributed by atoms with Crippen molar-refractivity contribution in [1.29, 1.82) is 0 Å². The second-order valence-electron chi connectivity index (χ2n) is 6.29. The summed E-state index contributed by atoms with van der Waals surface area (Å²) in [7, 11) is -3.37. The van der Waals surface area contributed by atoms with Gasteiger partial charge < -0.3 is 5.32 Å². The number of nitrogens with one attached hydrogen (secondary N) is 1. The zero-order valence-corrected chi connectivity index (χ0v) is 15.1. The average molecular weight is 376 g/mol. The number of rotatable bonds is 6. The van der Waals surface area contributed by atoms with Gasteiger partial charge >= 0.3 is 0 Å². The van der Waals surface area contributed by atoms with E-state index in [1.807, 2.05) is 24.3 Å². The molecule has 0 aromatic heterocycles.